The summed E-state index contributed by atoms with van der Waals surface area (Å²) in [4.78, 5) is 15.2. The van der Waals surface area contributed by atoms with E-state index in [1.807, 2.05) is 18.2 Å². The van der Waals surface area contributed by atoms with Crippen LogP contribution in [0.4, 0.5) is 5.69 Å². The van der Waals surface area contributed by atoms with Crippen LogP contribution in [0.1, 0.15) is 35.2 Å². The van der Waals surface area contributed by atoms with Crippen molar-refractivity contribution in [2.45, 2.75) is 30.6 Å². The highest BCUT2D eigenvalue weighted by molar-refractivity contribution is 7.89. The van der Waals surface area contributed by atoms with Gasteiger partial charge in [-0.3, -0.25) is 4.79 Å². The maximum absolute atomic E-state index is 13.2. The quantitative estimate of drug-likeness (QED) is 0.684. The summed E-state index contributed by atoms with van der Waals surface area (Å²) in [7, 11) is -3.91. The molecule has 0 aromatic heterocycles. The van der Waals surface area contributed by atoms with Gasteiger partial charge in [-0.05, 0) is 48.4 Å². The zero-order valence-corrected chi connectivity index (χ0v) is 18.4. The fraction of sp³-hybridized carbons (Fsp3) is 0.435. The van der Waals surface area contributed by atoms with Gasteiger partial charge in [0.15, 0.2) is 0 Å². The van der Waals surface area contributed by atoms with Crippen molar-refractivity contribution in [2.75, 3.05) is 37.7 Å². The number of nitrogens with two attached hydrogens (primary N) is 1. The van der Waals surface area contributed by atoms with Crippen LogP contribution in [-0.4, -0.2) is 47.2 Å². The van der Waals surface area contributed by atoms with Crippen LogP contribution in [0, 0.1) is 5.41 Å². The molecule has 31 heavy (non-hydrogen) atoms. The normalized spacial score (nSPS) is 18.3. The predicted molar refractivity (Wildman–Crippen MR) is 120 cm³/mol. The molecule has 1 amide bonds. The fourth-order valence-corrected chi connectivity index (χ4v) is 4.98. The van der Waals surface area contributed by atoms with Crippen LogP contribution in [0.15, 0.2) is 53.4 Å². The van der Waals surface area contributed by atoms with Crippen LogP contribution in [-0.2, 0) is 21.2 Å². The molecule has 1 heterocycles. The Bertz CT molecular complexity index is 1030. The lowest BCUT2D eigenvalue weighted by atomic mass is 9.65. The van der Waals surface area contributed by atoms with E-state index in [1.165, 1.54) is 17.7 Å². The summed E-state index contributed by atoms with van der Waals surface area (Å²) in [6.45, 7) is 2.99. The summed E-state index contributed by atoms with van der Waals surface area (Å²) in [5.41, 5.74) is 2.36. The summed E-state index contributed by atoms with van der Waals surface area (Å²) >= 11 is 0. The number of nitrogens with one attached hydrogen (secondary N) is 1. The topological polar surface area (TPSA) is 102 Å². The van der Waals surface area contributed by atoms with Crippen LogP contribution < -0.4 is 15.4 Å². The van der Waals surface area contributed by atoms with Crippen molar-refractivity contribution in [2.24, 2.45) is 10.6 Å². The molecule has 0 spiro atoms. The molecule has 2 aromatic carbocycles. The number of carbonyl (C=O) groups is 1. The summed E-state index contributed by atoms with van der Waals surface area (Å²) in [6, 6.07) is 14.8. The summed E-state index contributed by atoms with van der Waals surface area (Å²) in [5, 5.41) is 8.41. The maximum Gasteiger partial charge on any atom is 0.253 e. The molecule has 166 valence electrons. The van der Waals surface area contributed by atoms with Gasteiger partial charge in [0.05, 0.1) is 23.7 Å². The van der Waals surface area contributed by atoms with E-state index < -0.39 is 10.0 Å². The van der Waals surface area contributed by atoms with Gasteiger partial charge >= 0.3 is 0 Å². The molecular formula is C23H29N3O4S. The van der Waals surface area contributed by atoms with Gasteiger partial charge in [0.1, 0.15) is 0 Å². The third-order valence-electron chi connectivity index (χ3n) is 6.35. The van der Waals surface area contributed by atoms with Crippen molar-refractivity contribution in [3.63, 3.8) is 0 Å². The number of hydrogen-bond acceptors (Lipinski definition) is 5. The lowest BCUT2D eigenvalue weighted by Crippen LogP contribution is -2.44. The number of sulfonamides is 1. The van der Waals surface area contributed by atoms with Gasteiger partial charge in [0.25, 0.3) is 5.91 Å². The Morgan fingerprint density at radius 2 is 1.81 bits per heavy atom. The predicted octanol–water partition coefficient (Wildman–Crippen LogP) is 2.31. The van der Waals surface area contributed by atoms with E-state index in [9.17, 15) is 13.2 Å². The van der Waals surface area contributed by atoms with Gasteiger partial charge in [-0.1, -0.05) is 36.8 Å². The molecule has 2 aliphatic rings. The molecule has 0 unspecified atom stereocenters. The Hall–Kier alpha value is -2.42. The van der Waals surface area contributed by atoms with Crippen molar-refractivity contribution < 1.29 is 17.9 Å². The second kappa shape index (κ2) is 8.98. The van der Waals surface area contributed by atoms with Crippen LogP contribution in [0.3, 0.4) is 0 Å². The molecule has 4 rings (SSSR count). The molecule has 1 aliphatic carbocycles. The van der Waals surface area contributed by atoms with Gasteiger partial charge in [-0.25, -0.2) is 13.6 Å². The van der Waals surface area contributed by atoms with E-state index in [4.69, 9.17) is 9.88 Å². The SMILES string of the molecule is NS(=O)(=O)c1ccc(N2CCOCC2)c(C(=O)NCC2(Cc3ccccc3)CCC2)c1. The second-order valence-electron chi connectivity index (χ2n) is 8.52. The zero-order chi connectivity index (χ0) is 21.9. The van der Waals surface area contributed by atoms with E-state index >= 15 is 0 Å². The molecule has 1 saturated heterocycles. The summed E-state index contributed by atoms with van der Waals surface area (Å²) in [5.74, 6) is -0.272. The van der Waals surface area contributed by atoms with Gasteiger partial charge < -0.3 is 15.0 Å². The number of carbonyl (C=O) groups excluding carboxylic acids is 1. The van der Waals surface area contributed by atoms with Gasteiger partial charge in [-0.15, -0.1) is 0 Å². The van der Waals surface area contributed by atoms with Gasteiger partial charge in [0, 0.05) is 25.3 Å². The maximum atomic E-state index is 13.2. The minimum atomic E-state index is -3.91. The first kappa shape index (κ1) is 21.8. The number of rotatable bonds is 7. The minimum Gasteiger partial charge on any atom is -0.378 e. The summed E-state index contributed by atoms with van der Waals surface area (Å²) in [6.07, 6.45) is 4.20. The molecule has 2 aromatic rings. The lowest BCUT2D eigenvalue weighted by Gasteiger charge is -2.42. The second-order valence-corrected chi connectivity index (χ2v) is 10.1. The molecule has 0 atom stereocenters. The van der Waals surface area contributed by atoms with Crippen molar-refractivity contribution in [1.82, 2.24) is 5.32 Å². The van der Waals surface area contributed by atoms with Crippen LogP contribution in [0.2, 0.25) is 0 Å². The van der Waals surface area contributed by atoms with Gasteiger partial charge in [-0.2, -0.15) is 0 Å². The van der Waals surface area contributed by atoms with Crippen molar-refractivity contribution in [3.8, 4) is 0 Å². The Labute approximate surface area is 183 Å². The first-order valence-electron chi connectivity index (χ1n) is 10.7. The number of benzene rings is 2. The monoisotopic (exact) mass is 443 g/mol. The lowest BCUT2D eigenvalue weighted by molar-refractivity contribution is 0.0858. The van der Waals surface area contributed by atoms with E-state index in [1.54, 1.807) is 6.07 Å². The molecule has 8 heteroatoms. The Morgan fingerprint density at radius 3 is 2.42 bits per heavy atom. The fourth-order valence-electron chi connectivity index (χ4n) is 4.44. The summed E-state index contributed by atoms with van der Waals surface area (Å²) < 4.78 is 29.2. The van der Waals surface area contributed by atoms with E-state index in [-0.39, 0.29) is 16.2 Å². The minimum absolute atomic E-state index is 0.0493. The molecule has 1 aliphatic heterocycles. The van der Waals surface area contributed by atoms with E-state index in [0.29, 0.717) is 44.1 Å². The smallest absolute Gasteiger partial charge is 0.253 e. The first-order chi connectivity index (χ1) is 14.9. The highest BCUT2D eigenvalue weighted by atomic mass is 32.2. The van der Waals surface area contributed by atoms with Crippen LogP contribution >= 0.6 is 0 Å². The van der Waals surface area contributed by atoms with Crippen LogP contribution in [0.5, 0.6) is 0 Å². The third-order valence-corrected chi connectivity index (χ3v) is 7.26. The molecule has 3 N–H and O–H groups in total. The van der Waals surface area contributed by atoms with Crippen molar-refractivity contribution in [3.05, 3.63) is 59.7 Å². The highest BCUT2D eigenvalue weighted by Crippen LogP contribution is 2.43. The molecule has 7 nitrogen and oxygen atoms in total. The molecule has 2 fully saturated rings. The molecule has 0 bridgehead atoms. The first-order valence-corrected chi connectivity index (χ1v) is 12.2. The number of primary sulfonamides is 1. The third kappa shape index (κ3) is 5.08. The molecule has 0 radical (unpaired) electrons. The Balaban J connectivity index is 1.55. The number of nitrogens with zero attached hydrogens (tertiary/aromatic N) is 1. The average Bonchev–Trinajstić information content (AvgIpc) is 2.75. The number of morpholine rings is 1. The number of anilines is 1. The largest absolute Gasteiger partial charge is 0.378 e. The van der Waals surface area contributed by atoms with Gasteiger partial charge in [0.2, 0.25) is 10.0 Å². The van der Waals surface area contributed by atoms with Crippen LogP contribution in [0.25, 0.3) is 0 Å². The number of ether oxygens (including phenoxy) is 1. The molecular weight excluding hydrogens is 414 g/mol. The highest BCUT2D eigenvalue weighted by Gasteiger charge is 2.37. The number of hydrogen-bond donors (Lipinski definition) is 2. The molecule has 1 saturated carbocycles. The van der Waals surface area contributed by atoms with E-state index in [0.717, 1.165) is 25.7 Å². The number of amides is 1. The standard InChI is InChI=1S/C23H29N3O4S/c24-31(28,29)19-7-8-21(26-11-13-30-14-12-26)20(15-19)22(27)25-17-23(9-4-10-23)16-18-5-2-1-3-6-18/h1-3,5-8,15H,4,9-14,16-17H2,(H,25,27)(H2,24,28,29). The Kier molecular flexibility index (Phi) is 6.31. The van der Waals surface area contributed by atoms with Crippen molar-refractivity contribution in [1.29, 1.82) is 0 Å². The van der Waals surface area contributed by atoms with Crippen molar-refractivity contribution >= 4 is 21.6 Å². The van der Waals surface area contributed by atoms with E-state index in [2.05, 4.69) is 22.3 Å². The zero-order valence-electron chi connectivity index (χ0n) is 17.5. The average molecular weight is 444 g/mol. The Morgan fingerprint density at radius 1 is 1.10 bits per heavy atom.